The molecule has 2 aromatic rings. The summed E-state index contributed by atoms with van der Waals surface area (Å²) in [5.74, 6) is 0.00428. The maximum atomic E-state index is 12.6. The second kappa shape index (κ2) is 5.86. The van der Waals surface area contributed by atoms with Crippen LogP contribution in [0, 0.1) is 0 Å². The Kier molecular flexibility index (Phi) is 3.68. The van der Waals surface area contributed by atoms with E-state index in [1.807, 2.05) is 24.3 Å². The van der Waals surface area contributed by atoms with Gasteiger partial charge in [-0.1, -0.05) is 12.1 Å². The van der Waals surface area contributed by atoms with E-state index in [9.17, 15) is 9.59 Å². The summed E-state index contributed by atoms with van der Waals surface area (Å²) in [5, 5.41) is 8.64. The number of ether oxygens (including phenoxy) is 1. The molecule has 2 amide bonds. The molecule has 4 rings (SSSR count). The van der Waals surface area contributed by atoms with Crippen molar-refractivity contribution in [1.82, 2.24) is 24.8 Å². The van der Waals surface area contributed by atoms with Crippen LogP contribution in [0.15, 0.2) is 24.3 Å². The molecule has 1 aromatic heterocycles. The molecule has 0 bridgehead atoms. The predicted octanol–water partition coefficient (Wildman–Crippen LogP) is -0.111. The molecule has 0 spiro atoms. The number of carbonyl (C=O) groups excluding carboxylic acids is 2. The first-order valence-corrected chi connectivity index (χ1v) is 8.07. The molecule has 0 radical (unpaired) electrons. The van der Waals surface area contributed by atoms with Crippen LogP contribution in [0.5, 0.6) is 0 Å². The van der Waals surface area contributed by atoms with E-state index in [2.05, 4.69) is 10.2 Å². The third-order valence-corrected chi connectivity index (χ3v) is 4.73. The number of fused-ring (bicyclic) bond motifs is 2. The number of amides is 2. The number of nitrogens with zero attached hydrogens (tertiary/aromatic N) is 5. The minimum absolute atomic E-state index is 0.0622. The summed E-state index contributed by atoms with van der Waals surface area (Å²) in [7, 11) is 1.78. The van der Waals surface area contributed by atoms with Crippen molar-refractivity contribution in [1.29, 1.82) is 0 Å². The summed E-state index contributed by atoms with van der Waals surface area (Å²) in [6, 6.07) is 7.44. The molecule has 0 unspecified atom stereocenters. The van der Waals surface area contributed by atoms with Crippen LogP contribution in [0.25, 0.3) is 11.0 Å². The van der Waals surface area contributed by atoms with Gasteiger partial charge in [-0.25, -0.2) is 0 Å². The maximum absolute atomic E-state index is 12.6. The zero-order chi connectivity index (χ0) is 16.7. The average Bonchev–Trinajstić information content (AvgIpc) is 3.14. The smallest absolute Gasteiger partial charge is 0.246 e. The number of carbonyl (C=O) groups is 2. The zero-order valence-corrected chi connectivity index (χ0v) is 13.5. The summed E-state index contributed by atoms with van der Waals surface area (Å²) in [5.41, 5.74) is 1.54. The van der Waals surface area contributed by atoms with Gasteiger partial charge in [-0.2, -0.15) is 15.0 Å². The van der Waals surface area contributed by atoms with Gasteiger partial charge in [0.25, 0.3) is 0 Å². The van der Waals surface area contributed by atoms with Crippen molar-refractivity contribution in [2.45, 2.75) is 25.1 Å². The van der Waals surface area contributed by atoms with Gasteiger partial charge in [0.2, 0.25) is 11.8 Å². The van der Waals surface area contributed by atoms with E-state index in [1.54, 1.807) is 16.8 Å². The van der Waals surface area contributed by atoms with E-state index in [-0.39, 0.29) is 30.5 Å². The van der Waals surface area contributed by atoms with Crippen molar-refractivity contribution in [2.75, 3.05) is 26.7 Å². The topological polar surface area (TPSA) is 80.6 Å². The molecule has 24 heavy (non-hydrogen) atoms. The maximum Gasteiger partial charge on any atom is 0.246 e. The first-order valence-electron chi connectivity index (χ1n) is 8.07. The Labute approximate surface area is 139 Å². The molecule has 2 aliphatic rings. The summed E-state index contributed by atoms with van der Waals surface area (Å²) in [6.07, 6.45) is 0.288. The molecule has 126 valence electrons. The van der Waals surface area contributed by atoms with E-state index in [0.29, 0.717) is 26.1 Å². The van der Waals surface area contributed by atoms with Crippen molar-refractivity contribution in [3.63, 3.8) is 0 Å². The lowest BCUT2D eigenvalue weighted by Crippen LogP contribution is -2.43. The molecule has 3 heterocycles. The molecule has 8 heteroatoms. The Morgan fingerprint density at radius 2 is 1.96 bits per heavy atom. The second-order valence-corrected chi connectivity index (χ2v) is 6.25. The summed E-state index contributed by atoms with van der Waals surface area (Å²) in [6.45, 7) is 1.50. The van der Waals surface area contributed by atoms with Crippen LogP contribution < -0.4 is 0 Å². The van der Waals surface area contributed by atoms with E-state index >= 15 is 0 Å². The molecule has 2 fully saturated rings. The van der Waals surface area contributed by atoms with E-state index in [0.717, 1.165) is 11.0 Å². The zero-order valence-electron chi connectivity index (χ0n) is 13.5. The molecule has 2 aliphatic heterocycles. The monoisotopic (exact) mass is 329 g/mol. The second-order valence-electron chi connectivity index (χ2n) is 6.25. The van der Waals surface area contributed by atoms with Crippen molar-refractivity contribution >= 4 is 22.8 Å². The molecular formula is C16H19N5O3. The fourth-order valence-corrected chi connectivity index (χ4v) is 3.35. The quantitative estimate of drug-likeness (QED) is 0.768. The molecule has 8 nitrogen and oxygen atoms in total. The fourth-order valence-electron chi connectivity index (χ4n) is 3.35. The normalized spacial score (nSPS) is 24.3. The Hall–Kier alpha value is -2.48. The van der Waals surface area contributed by atoms with E-state index in [1.165, 1.54) is 4.80 Å². The van der Waals surface area contributed by atoms with Gasteiger partial charge >= 0.3 is 0 Å². The van der Waals surface area contributed by atoms with Gasteiger partial charge in [0.05, 0.1) is 25.2 Å². The highest BCUT2D eigenvalue weighted by atomic mass is 16.5. The molecule has 1 aromatic carbocycles. The van der Waals surface area contributed by atoms with Crippen molar-refractivity contribution < 1.29 is 14.3 Å². The molecular weight excluding hydrogens is 310 g/mol. The highest BCUT2D eigenvalue weighted by Crippen LogP contribution is 2.22. The molecule has 0 N–H and O–H groups in total. The highest BCUT2D eigenvalue weighted by Gasteiger charge is 2.41. The van der Waals surface area contributed by atoms with Crippen LogP contribution in [0.1, 0.15) is 6.42 Å². The molecule has 2 atom stereocenters. The standard InChI is InChI=1S/C16H19N5O3/c1-19-13-8-20(9-14(13)24-7-6-15(19)22)16(23)10-21-17-11-4-2-3-5-12(11)18-21/h2-5,13-14H,6-10H2,1H3/t13-,14-/m0/s1. The third kappa shape index (κ3) is 2.62. The lowest BCUT2D eigenvalue weighted by molar-refractivity contribution is -0.134. The Morgan fingerprint density at radius 3 is 2.67 bits per heavy atom. The average molecular weight is 329 g/mol. The largest absolute Gasteiger partial charge is 0.374 e. The first-order chi connectivity index (χ1) is 11.6. The summed E-state index contributed by atoms with van der Waals surface area (Å²) >= 11 is 0. The fraction of sp³-hybridized carbons (Fsp3) is 0.500. The first kappa shape index (κ1) is 15.1. The highest BCUT2D eigenvalue weighted by molar-refractivity contribution is 5.79. The van der Waals surface area contributed by atoms with Crippen LogP contribution in [-0.4, -0.2) is 75.5 Å². The van der Waals surface area contributed by atoms with Gasteiger partial charge in [-0.3, -0.25) is 9.59 Å². The van der Waals surface area contributed by atoms with Gasteiger partial charge in [0, 0.05) is 20.1 Å². The Bertz CT molecular complexity index is 756. The predicted molar refractivity (Wildman–Crippen MR) is 85.0 cm³/mol. The lowest BCUT2D eigenvalue weighted by atomic mass is 10.2. The molecule has 0 saturated carbocycles. The number of benzene rings is 1. The summed E-state index contributed by atoms with van der Waals surface area (Å²) < 4.78 is 5.75. The van der Waals surface area contributed by atoms with Gasteiger partial charge in [0.15, 0.2) is 0 Å². The third-order valence-electron chi connectivity index (χ3n) is 4.73. The lowest BCUT2D eigenvalue weighted by Gasteiger charge is -2.25. The van der Waals surface area contributed by atoms with E-state index in [4.69, 9.17) is 4.74 Å². The van der Waals surface area contributed by atoms with E-state index < -0.39 is 0 Å². The molecule has 2 saturated heterocycles. The van der Waals surface area contributed by atoms with Crippen molar-refractivity contribution in [2.24, 2.45) is 0 Å². The van der Waals surface area contributed by atoms with Gasteiger partial charge in [-0.15, -0.1) is 0 Å². The summed E-state index contributed by atoms with van der Waals surface area (Å²) in [4.78, 5) is 29.4. The van der Waals surface area contributed by atoms with Crippen molar-refractivity contribution in [3.05, 3.63) is 24.3 Å². The number of likely N-dealkylation sites (N-methyl/N-ethyl adjacent to an activating group) is 1. The number of aromatic nitrogens is 3. The Balaban J connectivity index is 1.46. The van der Waals surface area contributed by atoms with Crippen LogP contribution in [0.2, 0.25) is 0 Å². The molecule has 0 aliphatic carbocycles. The van der Waals surface area contributed by atoms with Crippen LogP contribution in [-0.2, 0) is 20.9 Å². The minimum atomic E-state index is -0.116. The van der Waals surface area contributed by atoms with Gasteiger partial charge < -0.3 is 14.5 Å². The number of hydrogen-bond donors (Lipinski definition) is 0. The van der Waals surface area contributed by atoms with Crippen molar-refractivity contribution in [3.8, 4) is 0 Å². The Morgan fingerprint density at radius 1 is 1.25 bits per heavy atom. The SMILES string of the molecule is CN1C(=O)CCO[C@H]2CN(C(=O)Cn3nc4ccccc4n3)C[C@@H]21. The van der Waals surface area contributed by atoms with Crippen LogP contribution >= 0.6 is 0 Å². The van der Waals surface area contributed by atoms with Gasteiger partial charge in [-0.05, 0) is 12.1 Å². The number of rotatable bonds is 2. The van der Waals surface area contributed by atoms with Crippen LogP contribution in [0.3, 0.4) is 0 Å². The van der Waals surface area contributed by atoms with Crippen LogP contribution in [0.4, 0.5) is 0 Å². The number of hydrogen-bond acceptors (Lipinski definition) is 5. The van der Waals surface area contributed by atoms with Gasteiger partial charge in [0.1, 0.15) is 17.6 Å². The minimum Gasteiger partial charge on any atom is -0.374 e. The number of likely N-dealkylation sites (tertiary alicyclic amines) is 1.